The monoisotopic (exact) mass is 288 g/mol. The van der Waals surface area contributed by atoms with Gasteiger partial charge in [-0.2, -0.15) is 0 Å². The Labute approximate surface area is 125 Å². The lowest BCUT2D eigenvalue weighted by atomic mass is 10.2. The van der Waals surface area contributed by atoms with Crippen LogP contribution in [0.15, 0.2) is 53.6 Å². The lowest BCUT2D eigenvalue weighted by molar-refractivity contribution is -0.140. The molecule has 0 aliphatic rings. The molecule has 0 saturated heterocycles. The van der Waals surface area contributed by atoms with E-state index in [9.17, 15) is 9.59 Å². The first-order valence-corrected chi connectivity index (χ1v) is 6.78. The fraction of sp³-hybridized carbons (Fsp3) is 0.294. The van der Waals surface area contributed by atoms with Crippen LogP contribution in [-0.4, -0.2) is 18.5 Å². The van der Waals surface area contributed by atoms with Gasteiger partial charge in [-0.15, -0.1) is 0 Å². The minimum Gasteiger partial charge on any atom is -0.463 e. The van der Waals surface area contributed by atoms with Gasteiger partial charge in [-0.1, -0.05) is 42.5 Å². The van der Waals surface area contributed by atoms with E-state index in [4.69, 9.17) is 9.47 Å². The van der Waals surface area contributed by atoms with Crippen LogP contribution in [0.25, 0.3) is 0 Å². The maximum absolute atomic E-state index is 11.8. The smallest absolute Gasteiger partial charge is 0.334 e. The second-order valence-electron chi connectivity index (χ2n) is 4.48. The maximum atomic E-state index is 11.8. The standard InChI is InChI=1S/C17H20O4/c1-4-20-16(18)13(2)10-11-14(3)17(19)21-12-15-8-6-5-7-9-15/h5-11H,4,12H2,1-3H3. The highest BCUT2D eigenvalue weighted by Gasteiger charge is 2.07. The van der Waals surface area contributed by atoms with Crippen LogP contribution in [0.1, 0.15) is 26.3 Å². The molecule has 112 valence electrons. The summed E-state index contributed by atoms with van der Waals surface area (Å²) in [6.45, 7) is 5.57. The molecule has 1 aromatic carbocycles. The first-order valence-electron chi connectivity index (χ1n) is 6.78. The van der Waals surface area contributed by atoms with E-state index in [1.807, 2.05) is 30.3 Å². The quantitative estimate of drug-likeness (QED) is 0.458. The Morgan fingerprint density at radius 2 is 1.48 bits per heavy atom. The highest BCUT2D eigenvalue weighted by atomic mass is 16.5. The van der Waals surface area contributed by atoms with E-state index in [1.54, 1.807) is 32.9 Å². The van der Waals surface area contributed by atoms with Crippen molar-refractivity contribution in [3.63, 3.8) is 0 Å². The van der Waals surface area contributed by atoms with Gasteiger partial charge in [0.2, 0.25) is 0 Å². The van der Waals surface area contributed by atoms with Gasteiger partial charge in [0.15, 0.2) is 0 Å². The van der Waals surface area contributed by atoms with Crippen molar-refractivity contribution in [2.24, 2.45) is 0 Å². The molecule has 21 heavy (non-hydrogen) atoms. The van der Waals surface area contributed by atoms with Crippen molar-refractivity contribution < 1.29 is 19.1 Å². The molecule has 0 atom stereocenters. The topological polar surface area (TPSA) is 52.6 Å². The number of hydrogen-bond donors (Lipinski definition) is 0. The fourth-order valence-corrected chi connectivity index (χ4v) is 1.47. The van der Waals surface area contributed by atoms with Crippen LogP contribution >= 0.6 is 0 Å². The molecule has 0 N–H and O–H groups in total. The zero-order valence-electron chi connectivity index (χ0n) is 12.6. The van der Waals surface area contributed by atoms with Gasteiger partial charge < -0.3 is 9.47 Å². The molecule has 0 radical (unpaired) electrons. The summed E-state index contributed by atoms with van der Waals surface area (Å²) in [6, 6.07) is 9.45. The van der Waals surface area contributed by atoms with Gasteiger partial charge in [0, 0.05) is 11.1 Å². The molecule has 0 spiro atoms. The van der Waals surface area contributed by atoms with E-state index >= 15 is 0 Å². The zero-order valence-corrected chi connectivity index (χ0v) is 12.6. The van der Waals surface area contributed by atoms with Crippen molar-refractivity contribution in [1.29, 1.82) is 0 Å². The predicted molar refractivity (Wildman–Crippen MR) is 80.4 cm³/mol. The lowest BCUT2D eigenvalue weighted by Crippen LogP contribution is -2.06. The summed E-state index contributed by atoms with van der Waals surface area (Å²) < 4.78 is 10.0. The minimum absolute atomic E-state index is 0.228. The number of rotatable bonds is 6. The number of carbonyl (C=O) groups is 2. The Bertz CT molecular complexity index is 541. The summed E-state index contributed by atoms with van der Waals surface area (Å²) in [5.41, 5.74) is 1.79. The van der Waals surface area contributed by atoms with Crippen LogP contribution in [0.4, 0.5) is 0 Å². The average Bonchev–Trinajstić information content (AvgIpc) is 2.51. The number of ether oxygens (including phenoxy) is 2. The Morgan fingerprint density at radius 3 is 2.00 bits per heavy atom. The van der Waals surface area contributed by atoms with Crippen LogP contribution in [-0.2, 0) is 25.7 Å². The first-order chi connectivity index (χ1) is 10.0. The van der Waals surface area contributed by atoms with Crippen molar-refractivity contribution in [3.8, 4) is 0 Å². The Hall–Kier alpha value is -2.36. The van der Waals surface area contributed by atoms with E-state index < -0.39 is 5.97 Å². The van der Waals surface area contributed by atoms with Gasteiger partial charge in [-0.05, 0) is 26.3 Å². The highest BCUT2D eigenvalue weighted by Crippen LogP contribution is 2.05. The third-order valence-corrected chi connectivity index (χ3v) is 2.72. The van der Waals surface area contributed by atoms with Gasteiger partial charge in [0.25, 0.3) is 0 Å². The lowest BCUT2D eigenvalue weighted by Gasteiger charge is -2.04. The third kappa shape index (κ3) is 6.08. The molecule has 0 saturated carbocycles. The molecule has 0 aliphatic heterocycles. The van der Waals surface area contributed by atoms with Crippen molar-refractivity contribution in [1.82, 2.24) is 0 Å². The second kappa shape index (κ2) is 8.74. The van der Waals surface area contributed by atoms with Crippen LogP contribution in [0, 0.1) is 0 Å². The normalized spacial score (nSPS) is 12.0. The summed E-state index contributed by atoms with van der Waals surface area (Å²) in [7, 11) is 0. The number of esters is 2. The molecule has 0 amide bonds. The van der Waals surface area contributed by atoms with E-state index in [1.165, 1.54) is 0 Å². The van der Waals surface area contributed by atoms with E-state index in [0.29, 0.717) is 17.8 Å². The Morgan fingerprint density at radius 1 is 0.952 bits per heavy atom. The Kier molecular flexibility index (Phi) is 6.95. The van der Waals surface area contributed by atoms with Crippen LogP contribution in [0.5, 0.6) is 0 Å². The molecule has 0 aromatic heterocycles. The van der Waals surface area contributed by atoms with Crippen molar-refractivity contribution in [3.05, 3.63) is 59.2 Å². The van der Waals surface area contributed by atoms with Crippen molar-refractivity contribution in [2.45, 2.75) is 27.4 Å². The molecule has 0 aliphatic carbocycles. The van der Waals surface area contributed by atoms with Crippen LogP contribution < -0.4 is 0 Å². The summed E-state index contributed by atoms with van der Waals surface area (Å²) in [4.78, 5) is 23.2. The summed E-state index contributed by atoms with van der Waals surface area (Å²) in [6.07, 6.45) is 3.11. The molecular weight excluding hydrogens is 268 g/mol. The van der Waals surface area contributed by atoms with E-state index in [2.05, 4.69) is 0 Å². The van der Waals surface area contributed by atoms with Gasteiger partial charge in [0.1, 0.15) is 6.61 Å². The summed E-state index contributed by atoms with van der Waals surface area (Å²) in [5, 5.41) is 0. The summed E-state index contributed by atoms with van der Waals surface area (Å²) >= 11 is 0. The van der Waals surface area contributed by atoms with Gasteiger partial charge >= 0.3 is 11.9 Å². The molecule has 4 nitrogen and oxygen atoms in total. The molecule has 0 unspecified atom stereocenters. The largest absolute Gasteiger partial charge is 0.463 e. The Balaban J connectivity index is 2.55. The molecular formula is C17H20O4. The molecule has 0 fully saturated rings. The SMILES string of the molecule is CCOC(=O)C(C)=CC=C(C)C(=O)OCc1ccccc1. The van der Waals surface area contributed by atoms with Gasteiger partial charge in [-0.3, -0.25) is 0 Å². The van der Waals surface area contributed by atoms with E-state index in [-0.39, 0.29) is 12.6 Å². The van der Waals surface area contributed by atoms with Crippen molar-refractivity contribution >= 4 is 11.9 Å². The number of carbonyl (C=O) groups excluding carboxylic acids is 2. The van der Waals surface area contributed by atoms with Gasteiger partial charge in [0.05, 0.1) is 6.61 Å². The predicted octanol–water partition coefficient (Wildman–Crippen LogP) is 3.19. The third-order valence-electron chi connectivity index (χ3n) is 2.72. The molecule has 4 heteroatoms. The first kappa shape index (κ1) is 16.7. The molecule has 0 heterocycles. The van der Waals surface area contributed by atoms with Gasteiger partial charge in [-0.25, -0.2) is 9.59 Å². The highest BCUT2D eigenvalue weighted by molar-refractivity contribution is 5.90. The average molecular weight is 288 g/mol. The summed E-state index contributed by atoms with van der Waals surface area (Å²) in [5.74, 6) is -0.800. The van der Waals surface area contributed by atoms with Crippen LogP contribution in [0.2, 0.25) is 0 Å². The second-order valence-corrected chi connectivity index (χ2v) is 4.48. The molecule has 1 aromatic rings. The van der Waals surface area contributed by atoms with Crippen molar-refractivity contribution in [2.75, 3.05) is 6.61 Å². The maximum Gasteiger partial charge on any atom is 0.334 e. The number of hydrogen-bond acceptors (Lipinski definition) is 4. The number of allylic oxidation sites excluding steroid dienone is 2. The molecule has 0 bridgehead atoms. The van der Waals surface area contributed by atoms with Crippen LogP contribution in [0.3, 0.4) is 0 Å². The fourth-order valence-electron chi connectivity index (χ4n) is 1.47. The number of benzene rings is 1. The molecule has 1 rings (SSSR count). The van der Waals surface area contributed by atoms with E-state index in [0.717, 1.165) is 5.56 Å². The zero-order chi connectivity index (χ0) is 15.7. The minimum atomic E-state index is -0.410.